The zero-order chi connectivity index (χ0) is 9.42. The first-order valence-electron chi connectivity index (χ1n) is 4.18. The third kappa shape index (κ3) is 1.29. The van der Waals surface area contributed by atoms with Crippen molar-refractivity contribution in [1.82, 2.24) is 14.5 Å². The Kier molecular flexibility index (Phi) is 1.96. The van der Waals surface area contributed by atoms with Gasteiger partial charge in [0.2, 0.25) is 5.28 Å². The highest BCUT2D eigenvalue weighted by Gasteiger charge is 2.10. The molecule has 2 heterocycles. The minimum Gasteiger partial charge on any atom is -0.311 e. The van der Waals surface area contributed by atoms with E-state index in [0.29, 0.717) is 17.0 Å². The van der Waals surface area contributed by atoms with Crippen LogP contribution in [0.3, 0.4) is 0 Å². The molecular formula is C9H10ClN3. The SMILES string of the molecule is CC(C)n1c(Cl)nc2ncccc21. The van der Waals surface area contributed by atoms with Gasteiger partial charge >= 0.3 is 0 Å². The highest BCUT2D eigenvalue weighted by atomic mass is 35.5. The molecule has 68 valence electrons. The molecule has 0 unspecified atom stereocenters. The van der Waals surface area contributed by atoms with Crippen molar-refractivity contribution in [2.24, 2.45) is 0 Å². The van der Waals surface area contributed by atoms with Crippen molar-refractivity contribution < 1.29 is 0 Å². The number of aromatic nitrogens is 3. The fourth-order valence-corrected chi connectivity index (χ4v) is 1.76. The van der Waals surface area contributed by atoms with E-state index in [1.54, 1.807) is 6.20 Å². The van der Waals surface area contributed by atoms with Gasteiger partial charge in [-0.2, -0.15) is 4.98 Å². The molecule has 4 heteroatoms. The molecule has 0 atom stereocenters. The normalized spacial score (nSPS) is 11.4. The van der Waals surface area contributed by atoms with Gasteiger partial charge in [-0.25, -0.2) is 4.98 Å². The van der Waals surface area contributed by atoms with Gasteiger partial charge in [-0.3, -0.25) is 0 Å². The van der Waals surface area contributed by atoms with Crippen molar-refractivity contribution in [1.29, 1.82) is 0 Å². The van der Waals surface area contributed by atoms with Gasteiger partial charge in [0.15, 0.2) is 5.65 Å². The number of fused-ring (bicyclic) bond motifs is 1. The molecule has 2 aromatic rings. The Balaban J connectivity index is 2.78. The largest absolute Gasteiger partial charge is 0.311 e. The summed E-state index contributed by atoms with van der Waals surface area (Å²) in [6, 6.07) is 4.17. The molecule has 0 bridgehead atoms. The lowest BCUT2D eigenvalue weighted by Crippen LogP contribution is -1.99. The molecule has 0 aliphatic rings. The summed E-state index contributed by atoms with van der Waals surface area (Å²) in [6.07, 6.45) is 1.72. The van der Waals surface area contributed by atoms with E-state index in [9.17, 15) is 0 Å². The van der Waals surface area contributed by atoms with Gasteiger partial charge in [-0.1, -0.05) is 0 Å². The van der Waals surface area contributed by atoms with Gasteiger partial charge in [0.1, 0.15) is 0 Å². The molecule has 0 N–H and O–H groups in total. The number of pyridine rings is 1. The summed E-state index contributed by atoms with van der Waals surface area (Å²) in [7, 11) is 0. The molecule has 0 spiro atoms. The van der Waals surface area contributed by atoms with Crippen molar-refractivity contribution in [3.8, 4) is 0 Å². The van der Waals surface area contributed by atoms with Crippen LogP contribution in [0.4, 0.5) is 0 Å². The van der Waals surface area contributed by atoms with E-state index in [0.717, 1.165) is 5.52 Å². The van der Waals surface area contributed by atoms with E-state index in [1.165, 1.54) is 0 Å². The summed E-state index contributed by atoms with van der Waals surface area (Å²) >= 11 is 5.97. The van der Waals surface area contributed by atoms with Gasteiger partial charge in [-0.05, 0) is 37.6 Å². The average Bonchev–Trinajstić information content (AvgIpc) is 2.39. The van der Waals surface area contributed by atoms with Gasteiger partial charge in [0.05, 0.1) is 5.52 Å². The molecule has 13 heavy (non-hydrogen) atoms. The van der Waals surface area contributed by atoms with Gasteiger partial charge < -0.3 is 4.57 Å². The van der Waals surface area contributed by atoms with Crippen LogP contribution in [-0.4, -0.2) is 14.5 Å². The molecule has 2 rings (SSSR count). The predicted octanol–water partition coefficient (Wildman–Crippen LogP) is 2.67. The number of halogens is 1. The summed E-state index contributed by atoms with van der Waals surface area (Å²) in [5, 5.41) is 0.503. The molecule has 0 radical (unpaired) electrons. The van der Waals surface area contributed by atoms with Gasteiger partial charge in [0.25, 0.3) is 0 Å². The van der Waals surface area contributed by atoms with Crippen LogP contribution >= 0.6 is 11.6 Å². The van der Waals surface area contributed by atoms with Crippen LogP contribution in [0.2, 0.25) is 5.28 Å². The Morgan fingerprint density at radius 2 is 2.23 bits per heavy atom. The van der Waals surface area contributed by atoms with Gasteiger partial charge in [-0.15, -0.1) is 0 Å². The van der Waals surface area contributed by atoms with Crippen molar-refractivity contribution >= 4 is 22.8 Å². The summed E-state index contributed by atoms with van der Waals surface area (Å²) in [6.45, 7) is 4.14. The second kappa shape index (κ2) is 3.00. The lowest BCUT2D eigenvalue weighted by atomic mass is 10.3. The first kappa shape index (κ1) is 8.51. The highest BCUT2D eigenvalue weighted by Crippen LogP contribution is 2.22. The lowest BCUT2D eigenvalue weighted by molar-refractivity contribution is 0.618. The Labute approximate surface area is 81.4 Å². The number of hydrogen-bond acceptors (Lipinski definition) is 2. The summed E-state index contributed by atoms with van der Waals surface area (Å²) < 4.78 is 1.96. The van der Waals surface area contributed by atoms with Crippen LogP contribution < -0.4 is 0 Å². The first-order valence-corrected chi connectivity index (χ1v) is 4.56. The number of rotatable bonds is 1. The summed E-state index contributed by atoms with van der Waals surface area (Å²) in [4.78, 5) is 8.28. The maximum Gasteiger partial charge on any atom is 0.205 e. The number of imidazole rings is 1. The van der Waals surface area contributed by atoms with Crippen molar-refractivity contribution in [2.45, 2.75) is 19.9 Å². The third-order valence-electron chi connectivity index (χ3n) is 1.94. The smallest absolute Gasteiger partial charge is 0.205 e. The zero-order valence-electron chi connectivity index (χ0n) is 7.53. The Bertz CT molecular complexity index is 433. The van der Waals surface area contributed by atoms with Crippen LogP contribution in [0.1, 0.15) is 19.9 Å². The fourth-order valence-electron chi connectivity index (χ4n) is 1.39. The van der Waals surface area contributed by atoms with Crippen molar-refractivity contribution in [3.63, 3.8) is 0 Å². The average molecular weight is 196 g/mol. The molecule has 0 saturated heterocycles. The summed E-state index contributed by atoms with van der Waals surface area (Å²) in [5.41, 5.74) is 1.70. The molecule has 3 nitrogen and oxygen atoms in total. The van der Waals surface area contributed by atoms with E-state index in [1.807, 2.05) is 16.7 Å². The molecule has 0 aromatic carbocycles. The zero-order valence-corrected chi connectivity index (χ0v) is 8.28. The van der Waals surface area contributed by atoms with E-state index in [4.69, 9.17) is 11.6 Å². The van der Waals surface area contributed by atoms with Gasteiger partial charge in [0, 0.05) is 12.2 Å². The van der Waals surface area contributed by atoms with Crippen LogP contribution in [0, 0.1) is 0 Å². The molecular weight excluding hydrogens is 186 g/mol. The van der Waals surface area contributed by atoms with Crippen LogP contribution in [-0.2, 0) is 0 Å². The molecule has 0 fully saturated rings. The molecule has 2 aromatic heterocycles. The second-order valence-electron chi connectivity index (χ2n) is 3.19. The molecule has 0 aliphatic carbocycles. The number of hydrogen-bond donors (Lipinski definition) is 0. The van der Waals surface area contributed by atoms with Crippen LogP contribution in [0.15, 0.2) is 18.3 Å². The van der Waals surface area contributed by atoms with Crippen LogP contribution in [0.5, 0.6) is 0 Å². The topological polar surface area (TPSA) is 30.7 Å². The predicted molar refractivity (Wildman–Crippen MR) is 52.9 cm³/mol. The number of nitrogens with zero attached hydrogens (tertiary/aromatic N) is 3. The standard InChI is InChI=1S/C9H10ClN3/c1-6(2)13-7-4-3-5-11-8(7)12-9(13)10/h3-6H,1-2H3. The summed E-state index contributed by atoms with van der Waals surface area (Å²) in [5.74, 6) is 0. The van der Waals surface area contributed by atoms with Crippen LogP contribution in [0.25, 0.3) is 11.2 Å². The maximum absolute atomic E-state index is 5.97. The minimum absolute atomic E-state index is 0.307. The monoisotopic (exact) mass is 195 g/mol. The quantitative estimate of drug-likeness (QED) is 0.701. The van der Waals surface area contributed by atoms with E-state index >= 15 is 0 Å². The Morgan fingerprint density at radius 3 is 2.92 bits per heavy atom. The highest BCUT2D eigenvalue weighted by molar-refractivity contribution is 6.29. The van der Waals surface area contributed by atoms with E-state index < -0.39 is 0 Å². The second-order valence-corrected chi connectivity index (χ2v) is 3.53. The van der Waals surface area contributed by atoms with Crippen molar-refractivity contribution in [2.75, 3.05) is 0 Å². The minimum atomic E-state index is 0.307. The molecule has 0 amide bonds. The fraction of sp³-hybridized carbons (Fsp3) is 0.333. The maximum atomic E-state index is 5.97. The van der Waals surface area contributed by atoms with Crippen molar-refractivity contribution in [3.05, 3.63) is 23.6 Å². The van der Waals surface area contributed by atoms with E-state index in [-0.39, 0.29) is 0 Å². The Morgan fingerprint density at radius 1 is 1.46 bits per heavy atom. The molecule has 0 saturated carbocycles. The first-order chi connectivity index (χ1) is 6.20. The van der Waals surface area contributed by atoms with E-state index in [2.05, 4.69) is 23.8 Å². The Hall–Kier alpha value is -1.09. The third-order valence-corrected chi connectivity index (χ3v) is 2.21. The molecule has 0 aliphatic heterocycles. The lowest BCUT2D eigenvalue weighted by Gasteiger charge is -2.08.